The molecule has 3 heteroatoms. The van der Waals surface area contributed by atoms with E-state index in [4.69, 9.17) is 16.9 Å². The zero-order chi connectivity index (χ0) is 11.4. The molecular formula is C12H11ClFN. The molecular weight excluding hydrogens is 213 g/mol. The van der Waals surface area contributed by atoms with Crippen LogP contribution in [0.4, 0.5) is 4.39 Å². The van der Waals surface area contributed by atoms with Crippen LogP contribution in [0, 0.1) is 24.1 Å². The van der Waals surface area contributed by atoms with Gasteiger partial charge >= 0.3 is 0 Å². The molecule has 0 radical (unpaired) electrons. The van der Waals surface area contributed by atoms with Gasteiger partial charge in [-0.1, -0.05) is 24.6 Å². The molecule has 1 nitrogen and oxygen atoms in total. The highest BCUT2D eigenvalue weighted by atomic mass is 35.5. The second-order valence-corrected chi connectivity index (χ2v) is 3.65. The molecule has 0 aliphatic carbocycles. The minimum absolute atomic E-state index is 0.336. The summed E-state index contributed by atoms with van der Waals surface area (Å²) in [6.45, 7) is 3.63. The molecule has 0 aliphatic heterocycles. The van der Waals surface area contributed by atoms with E-state index in [-0.39, 0.29) is 5.82 Å². The van der Waals surface area contributed by atoms with Gasteiger partial charge in [-0.3, -0.25) is 0 Å². The fraction of sp³-hybridized carbons (Fsp3) is 0.250. The van der Waals surface area contributed by atoms with E-state index in [9.17, 15) is 4.39 Å². The summed E-state index contributed by atoms with van der Waals surface area (Å²) in [6.07, 6.45) is 0.547. The van der Waals surface area contributed by atoms with Crippen LogP contribution in [0.25, 0.3) is 5.03 Å². The highest BCUT2D eigenvalue weighted by Gasteiger charge is 2.07. The lowest BCUT2D eigenvalue weighted by Gasteiger charge is -2.03. The molecule has 78 valence electrons. The van der Waals surface area contributed by atoms with Crippen molar-refractivity contribution in [1.29, 1.82) is 5.26 Å². The van der Waals surface area contributed by atoms with Crippen LogP contribution in [-0.4, -0.2) is 0 Å². The lowest BCUT2D eigenvalue weighted by atomic mass is 10.1. The molecule has 0 saturated carbocycles. The Kier molecular flexibility index (Phi) is 3.88. The van der Waals surface area contributed by atoms with Gasteiger partial charge in [0.1, 0.15) is 5.82 Å². The number of hydrogen-bond donors (Lipinski definition) is 0. The summed E-state index contributed by atoms with van der Waals surface area (Å²) in [5.41, 5.74) is 1.82. The van der Waals surface area contributed by atoms with Crippen LogP contribution in [-0.2, 0) is 0 Å². The number of nitriles is 1. The smallest absolute Gasteiger partial charge is 0.124 e. The Balaban J connectivity index is 3.28. The molecule has 1 aromatic carbocycles. The van der Waals surface area contributed by atoms with Gasteiger partial charge in [0.05, 0.1) is 11.1 Å². The van der Waals surface area contributed by atoms with Gasteiger partial charge in [-0.2, -0.15) is 5.26 Å². The van der Waals surface area contributed by atoms with E-state index in [2.05, 4.69) is 0 Å². The first kappa shape index (κ1) is 11.7. The molecule has 0 spiro atoms. The van der Waals surface area contributed by atoms with E-state index in [1.165, 1.54) is 12.1 Å². The Morgan fingerprint density at radius 1 is 1.47 bits per heavy atom. The molecule has 0 fully saturated rings. The van der Waals surface area contributed by atoms with Crippen molar-refractivity contribution in [2.45, 2.75) is 20.3 Å². The van der Waals surface area contributed by atoms with Gasteiger partial charge in [-0.25, -0.2) is 4.39 Å². The van der Waals surface area contributed by atoms with Crippen molar-refractivity contribution in [3.8, 4) is 6.07 Å². The Hall–Kier alpha value is -1.33. The molecule has 0 aromatic heterocycles. The second kappa shape index (κ2) is 4.95. The number of benzene rings is 1. The van der Waals surface area contributed by atoms with Gasteiger partial charge in [0.15, 0.2) is 0 Å². The summed E-state index contributed by atoms with van der Waals surface area (Å²) >= 11 is 6.01. The highest BCUT2D eigenvalue weighted by Crippen LogP contribution is 2.26. The van der Waals surface area contributed by atoms with Crippen LogP contribution < -0.4 is 0 Å². The maximum atomic E-state index is 13.1. The fourth-order valence-corrected chi connectivity index (χ4v) is 1.61. The standard InChI is InChI=1S/C12H11ClFN/c1-3-9(7-15)12(13)10-4-8(2)5-11(14)6-10/h4-6H,3H2,1-2H3/b12-9-. The maximum absolute atomic E-state index is 13.1. The normalized spacial score (nSPS) is 11.9. The number of aryl methyl sites for hydroxylation is 1. The topological polar surface area (TPSA) is 23.8 Å². The molecule has 0 atom stereocenters. The van der Waals surface area contributed by atoms with Gasteiger partial charge < -0.3 is 0 Å². The van der Waals surface area contributed by atoms with Crippen molar-refractivity contribution in [2.24, 2.45) is 0 Å². The number of nitrogens with zero attached hydrogens (tertiary/aromatic N) is 1. The lowest BCUT2D eigenvalue weighted by Crippen LogP contribution is -1.87. The average Bonchev–Trinajstić information content (AvgIpc) is 2.18. The first-order valence-corrected chi connectivity index (χ1v) is 5.02. The van der Waals surface area contributed by atoms with E-state index in [0.717, 1.165) is 5.56 Å². The maximum Gasteiger partial charge on any atom is 0.124 e. The first-order valence-electron chi connectivity index (χ1n) is 4.64. The molecule has 15 heavy (non-hydrogen) atoms. The highest BCUT2D eigenvalue weighted by molar-refractivity contribution is 6.49. The summed E-state index contributed by atoms with van der Waals surface area (Å²) in [7, 11) is 0. The van der Waals surface area contributed by atoms with Crippen LogP contribution in [0.3, 0.4) is 0 Å². The van der Waals surface area contributed by atoms with Gasteiger partial charge in [0.25, 0.3) is 0 Å². The van der Waals surface area contributed by atoms with Crippen molar-refractivity contribution in [1.82, 2.24) is 0 Å². The molecule has 0 bridgehead atoms. The predicted octanol–water partition coefficient (Wildman–Crippen LogP) is 4.02. The Bertz CT molecular complexity index is 423. The number of hydrogen-bond acceptors (Lipinski definition) is 1. The third-order valence-corrected chi connectivity index (χ3v) is 2.50. The van der Waals surface area contributed by atoms with Gasteiger partial charge in [-0.05, 0) is 36.6 Å². The summed E-state index contributed by atoms with van der Waals surface area (Å²) in [6, 6.07) is 6.53. The van der Waals surface area contributed by atoms with Crippen LogP contribution in [0.1, 0.15) is 24.5 Å². The summed E-state index contributed by atoms with van der Waals surface area (Å²) in [5, 5.41) is 9.15. The van der Waals surface area contributed by atoms with Crippen molar-refractivity contribution < 1.29 is 4.39 Å². The molecule has 0 unspecified atom stereocenters. The second-order valence-electron chi connectivity index (χ2n) is 3.28. The average molecular weight is 224 g/mol. The summed E-state index contributed by atoms with van der Waals surface area (Å²) in [5.74, 6) is -0.337. The summed E-state index contributed by atoms with van der Waals surface area (Å²) in [4.78, 5) is 0. The quantitative estimate of drug-likeness (QED) is 0.695. The first-order chi connectivity index (χ1) is 7.08. The Morgan fingerprint density at radius 2 is 2.13 bits per heavy atom. The molecule has 0 saturated heterocycles. The predicted molar refractivity (Wildman–Crippen MR) is 59.8 cm³/mol. The van der Waals surface area contributed by atoms with Crippen molar-refractivity contribution in [2.75, 3.05) is 0 Å². The Morgan fingerprint density at radius 3 is 2.60 bits per heavy atom. The van der Waals surface area contributed by atoms with Crippen LogP contribution >= 0.6 is 11.6 Å². The lowest BCUT2D eigenvalue weighted by molar-refractivity contribution is 0.626. The number of allylic oxidation sites excluding steroid dienone is 1. The van der Waals surface area contributed by atoms with Gasteiger partial charge in [0, 0.05) is 5.57 Å². The van der Waals surface area contributed by atoms with Gasteiger partial charge in [-0.15, -0.1) is 0 Å². The van der Waals surface area contributed by atoms with E-state index >= 15 is 0 Å². The molecule has 0 amide bonds. The molecule has 0 aliphatic rings. The monoisotopic (exact) mass is 223 g/mol. The zero-order valence-corrected chi connectivity index (χ0v) is 9.40. The zero-order valence-electron chi connectivity index (χ0n) is 8.64. The SMILES string of the molecule is CC/C(C#N)=C(/Cl)c1cc(C)cc(F)c1. The molecule has 1 aromatic rings. The molecule has 1 rings (SSSR count). The molecule has 0 N–H and O–H groups in total. The van der Waals surface area contributed by atoms with E-state index < -0.39 is 0 Å². The van der Waals surface area contributed by atoms with Gasteiger partial charge in [0.2, 0.25) is 0 Å². The van der Waals surface area contributed by atoms with E-state index in [1.54, 1.807) is 13.0 Å². The van der Waals surface area contributed by atoms with Crippen LogP contribution in [0.2, 0.25) is 0 Å². The molecule has 0 heterocycles. The minimum Gasteiger partial charge on any atom is -0.207 e. The third-order valence-electron chi connectivity index (χ3n) is 2.05. The van der Waals surface area contributed by atoms with Crippen molar-refractivity contribution in [3.05, 3.63) is 40.7 Å². The van der Waals surface area contributed by atoms with Crippen LogP contribution in [0.15, 0.2) is 23.8 Å². The van der Waals surface area contributed by atoms with E-state index in [0.29, 0.717) is 22.6 Å². The number of halogens is 2. The van der Waals surface area contributed by atoms with Crippen molar-refractivity contribution >= 4 is 16.6 Å². The fourth-order valence-electron chi connectivity index (χ4n) is 1.32. The summed E-state index contributed by atoms with van der Waals surface area (Å²) < 4.78 is 13.1. The third kappa shape index (κ3) is 2.81. The minimum atomic E-state index is -0.337. The Labute approximate surface area is 93.8 Å². The van der Waals surface area contributed by atoms with Crippen molar-refractivity contribution in [3.63, 3.8) is 0 Å². The van der Waals surface area contributed by atoms with Crippen LogP contribution in [0.5, 0.6) is 0 Å². The van der Waals surface area contributed by atoms with E-state index in [1.807, 2.05) is 13.0 Å². The number of rotatable bonds is 2. The largest absolute Gasteiger partial charge is 0.207 e.